The molecule has 0 fully saturated rings. The van der Waals surface area contributed by atoms with Crippen LogP contribution in [0.3, 0.4) is 0 Å². The first-order chi connectivity index (χ1) is 9.20. The standard InChI is InChI=1S/C13H13ClN4O/c1-2-15-11-6-5-9(8-17-11)13(19)18-12-10(14)4-3-7-16-12/h3-8H,2H2,1H3,(H,15,17)(H,16,18,19). The van der Waals surface area contributed by atoms with E-state index in [4.69, 9.17) is 11.6 Å². The molecule has 0 spiro atoms. The third kappa shape index (κ3) is 3.42. The Kier molecular flexibility index (Phi) is 4.30. The van der Waals surface area contributed by atoms with Gasteiger partial charge in [0.05, 0.1) is 10.6 Å². The summed E-state index contributed by atoms with van der Waals surface area (Å²) in [6, 6.07) is 6.80. The summed E-state index contributed by atoms with van der Waals surface area (Å²) < 4.78 is 0. The minimum Gasteiger partial charge on any atom is -0.370 e. The van der Waals surface area contributed by atoms with Gasteiger partial charge in [-0.2, -0.15) is 0 Å². The summed E-state index contributed by atoms with van der Waals surface area (Å²) in [6.45, 7) is 2.76. The first-order valence-corrected chi connectivity index (χ1v) is 6.20. The normalized spacial score (nSPS) is 10.0. The van der Waals surface area contributed by atoms with E-state index in [1.807, 2.05) is 6.92 Å². The number of hydrogen-bond donors (Lipinski definition) is 2. The number of nitrogens with one attached hydrogen (secondary N) is 2. The van der Waals surface area contributed by atoms with Crippen molar-refractivity contribution in [2.75, 3.05) is 17.2 Å². The van der Waals surface area contributed by atoms with Crippen molar-refractivity contribution in [3.8, 4) is 0 Å². The van der Waals surface area contributed by atoms with Gasteiger partial charge < -0.3 is 10.6 Å². The lowest BCUT2D eigenvalue weighted by atomic mass is 10.2. The highest BCUT2D eigenvalue weighted by Gasteiger charge is 2.09. The van der Waals surface area contributed by atoms with Crippen LogP contribution in [0.4, 0.5) is 11.6 Å². The van der Waals surface area contributed by atoms with E-state index in [9.17, 15) is 4.79 Å². The van der Waals surface area contributed by atoms with Gasteiger partial charge in [-0.1, -0.05) is 11.6 Å². The molecular formula is C13H13ClN4O. The Hall–Kier alpha value is -2.14. The Labute approximate surface area is 116 Å². The summed E-state index contributed by atoms with van der Waals surface area (Å²) in [7, 11) is 0. The van der Waals surface area contributed by atoms with E-state index in [0.29, 0.717) is 16.4 Å². The lowest BCUT2D eigenvalue weighted by Gasteiger charge is -2.06. The van der Waals surface area contributed by atoms with Crippen LogP contribution >= 0.6 is 11.6 Å². The number of pyridine rings is 2. The van der Waals surface area contributed by atoms with E-state index in [1.54, 1.807) is 30.5 Å². The van der Waals surface area contributed by atoms with Gasteiger partial charge in [-0.15, -0.1) is 0 Å². The summed E-state index contributed by atoms with van der Waals surface area (Å²) in [5, 5.41) is 6.09. The van der Waals surface area contributed by atoms with Gasteiger partial charge in [0.15, 0.2) is 5.82 Å². The molecule has 2 rings (SSSR count). The number of aromatic nitrogens is 2. The molecule has 0 radical (unpaired) electrons. The summed E-state index contributed by atoms with van der Waals surface area (Å²) in [5.41, 5.74) is 0.448. The van der Waals surface area contributed by atoms with E-state index in [-0.39, 0.29) is 5.91 Å². The molecule has 1 amide bonds. The molecule has 0 saturated heterocycles. The fourth-order valence-electron chi connectivity index (χ4n) is 1.47. The van der Waals surface area contributed by atoms with E-state index in [0.717, 1.165) is 12.4 Å². The lowest BCUT2D eigenvalue weighted by Crippen LogP contribution is -2.13. The number of anilines is 2. The summed E-state index contributed by atoms with van der Waals surface area (Å²) >= 11 is 5.92. The molecule has 2 N–H and O–H groups in total. The van der Waals surface area contributed by atoms with Crippen LogP contribution in [-0.2, 0) is 0 Å². The van der Waals surface area contributed by atoms with Gasteiger partial charge in [0, 0.05) is 18.9 Å². The second-order valence-corrected chi connectivity index (χ2v) is 4.16. The van der Waals surface area contributed by atoms with E-state index >= 15 is 0 Å². The molecule has 0 unspecified atom stereocenters. The quantitative estimate of drug-likeness (QED) is 0.901. The Bertz CT molecular complexity index is 571. The van der Waals surface area contributed by atoms with E-state index < -0.39 is 0 Å². The second-order valence-electron chi connectivity index (χ2n) is 3.75. The molecule has 5 nitrogen and oxygen atoms in total. The smallest absolute Gasteiger partial charge is 0.258 e. The molecule has 0 aliphatic carbocycles. The van der Waals surface area contributed by atoms with Crippen molar-refractivity contribution >= 4 is 29.1 Å². The Morgan fingerprint density at radius 3 is 2.79 bits per heavy atom. The molecular weight excluding hydrogens is 264 g/mol. The third-order valence-electron chi connectivity index (χ3n) is 2.37. The number of nitrogens with zero attached hydrogens (tertiary/aromatic N) is 2. The highest BCUT2D eigenvalue weighted by atomic mass is 35.5. The van der Waals surface area contributed by atoms with Crippen LogP contribution in [0.1, 0.15) is 17.3 Å². The van der Waals surface area contributed by atoms with Crippen molar-refractivity contribution in [3.63, 3.8) is 0 Å². The SMILES string of the molecule is CCNc1ccc(C(=O)Nc2ncccc2Cl)cn1. The van der Waals surface area contributed by atoms with Crippen LogP contribution in [0.25, 0.3) is 0 Å². The minimum atomic E-state index is -0.295. The Balaban J connectivity index is 2.10. The maximum atomic E-state index is 12.0. The van der Waals surface area contributed by atoms with Gasteiger partial charge >= 0.3 is 0 Å². The zero-order valence-corrected chi connectivity index (χ0v) is 11.1. The molecule has 2 aromatic heterocycles. The molecule has 6 heteroatoms. The van der Waals surface area contributed by atoms with Gasteiger partial charge in [-0.25, -0.2) is 9.97 Å². The summed E-state index contributed by atoms with van der Waals surface area (Å²) in [5.74, 6) is 0.774. The fraction of sp³-hybridized carbons (Fsp3) is 0.154. The maximum Gasteiger partial charge on any atom is 0.258 e. The van der Waals surface area contributed by atoms with Crippen LogP contribution < -0.4 is 10.6 Å². The average molecular weight is 277 g/mol. The predicted octanol–water partition coefficient (Wildman–Crippen LogP) is 2.81. The molecule has 0 atom stereocenters. The predicted molar refractivity (Wildman–Crippen MR) is 75.6 cm³/mol. The molecule has 2 aromatic rings. The summed E-state index contributed by atoms with van der Waals surface area (Å²) in [6.07, 6.45) is 3.07. The molecule has 2 heterocycles. The van der Waals surface area contributed by atoms with Crippen molar-refractivity contribution in [1.82, 2.24) is 9.97 Å². The topological polar surface area (TPSA) is 66.9 Å². The number of rotatable bonds is 4. The highest BCUT2D eigenvalue weighted by Crippen LogP contribution is 2.18. The molecule has 0 bridgehead atoms. The molecule has 98 valence electrons. The van der Waals surface area contributed by atoms with Gasteiger partial charge in [0.1, 0.15) is 5.82 Å². The second kappa shape index (κ2) is 6.15. The monoisotopic (exact) mass is 276 g/mol. The molecule has 19 heavy (non-hydrogen) atoms. The zero-order valence-electron chi connectivity index (χ0n) is 10.4. The van der Waals surface area contributed by atoms with Crippen molar-refractivity contribution < 1.29 is 4.79 Å². The maximum absolute atomic E-state index is 12.0. The Morgan fingerprint density at radius 1 is 1.32 bits per heavy atom. The molecule has 0 aromatic carbocycles. The number of carbonyl (C=O) groups excluding carboxylic acids is 1. The van der Waals surface area contributed by atoms with Crippen LogP contribution in [0.15, 0.2) is 36.7 Å². The van der Waals surface area contributed by atoms with Gasteiger partial charge in [-0.05, 0) is 31.2 Å². The van der Waals surface area contributed by atoms with Gasteiger partial charge in [-0.3, -0.25) is 4.79 Å². The third-order valence-corrected chi connectivity index (χ3v) is 2.68. The van der Waals surface area contributed by atoms with Crippen molar-refractivity contribution in [2.45, 2.75) is 6.92 Å². The molecule has 0 aliphatic heterocycles. The van der Waals surface area contributed by atoms with Crippen LogP contribution in [0.2, 0.25) is 5.02 Å². The highest BCUT2D eigenvalue weighted by molar-refractivity contribution is 6.33. The molecule has 0 saturated carbocycles. The van der Waals surface area contributed by atoms with Gasteiger partial charge in [0.2, 0.25) is 0 Å². The van der Waals surface area contributed by atoms with Gasteiger partial charge in [0.25, 0.3) is 5.91 Å². The number of carbonyl (C=O) groups is 1. The number of halogens is 1. The van der Waals surface area contributed by atoms with Crippen molar-refractivity contribution in [1.29, 1.82) is 0 Å². The first-order valence-electron chi connectivity index (χ1n) is 5.82. The molecule has 0 aliphatic rings. The average Bonchev–Trinajstić information content (AvgIpc) is 2.42. The van der Waals surface area contributed by atoms with Crippen LogP contribution in [0, 0.1) is 0 Å². The van der Waals surface area contributed by atoms with Crippen molar-refractivity contribution in [2.24, 2.45) is 0 Å². The van der Waals surface area contributed by atoms with E-state index in [1.165, 1.54) is 6.20 Å². The Morgan fingerprint density at radius 2 is 2.16 bits per heavy atom. The zero-order chi connectivity index (χ0) is 13.7. The first kappa shape index (κ1) is 13.3. The lowest BCUT2D eigenvalue weighted by molar-refractivity contribution is 0.102. The van der Waals surface area contributed by atoms with Crippen LogP contribution in [-0.4, -0.2) is 22.4 Å². The summed E-state index contributed by atoms with van der Waals surface area (Å²) in [4.78, 5) is 20.1. The van der Waals surface area contributed by atoms with Crippen LogP contribution in [0.5, 0.6) is 0 Å². The largest absolute Gasteiger partial charge is 0.370 e. The number of hydrogen-bond acceptors (Lipinski definition) is 4. The van der Waals surface area contributed by atoms with E-state index in [2.05, 4.69) is 20.6 Å². The fourth-order valence-corrected chi connectivity index (χ4v) is 1.64. The van der Waals surface area contributed by atoms with Crippen molar-refractivity contribution in [3.05, 3.63) is 47.2 Å². The minimum absolute atomic E-state index is 0.295. The number of amides is 1.